The molecular weight excluding hydrogens is 342 g/mol. The minimum Gasteiger partial charge on any atom is -0.444 e. The van der Waals surface area contributed by atoms with E-state index < -0.39 is 0 Å². The maximum Gasteiger partial charge on any atom is 0.226 e. The van der Waals surface area contributed by atoms with Crippen molar-refractivity contribution in [3.63, 3.8) is 0 Å². The Morgan fingerprint density at radius 3 is 2.54 bits per heavy atom. The molecule has 0 aliphatic heterocycles. The van der Waals surface area contributed by atoms with Crippen LogP contribution in [0.25, 0.3) is 11.5 Å². The van der Waals surface area contributed by atoms with Gasteiger partial charge >= 0.3 is 0 Å². The average molecular weight is 368 g/mol. The molecule has 26 heavy (non-hydrogen) atoms. The number of aryl methyl sites for hydroxylation is 2. The normalized spacial score (nSPS) is 15.0. The van der Waals surface area contributed by atoms with Crippen molar-refractivity contribution in [2.45, 2.75) is 63.4 Å². The van der Waals surface area contributed by atoms with Crippen LogP contribution < -0.4 is 0 Å². The van der Waals surface area contributed by atoms with Gasteiger partial charge in [-0.15, -0.1) is 0 Å². The number of aromatic nitrogens is 3. The molecule has 0 unspecified atom stereocenters. The van der Waals surface area contributed by atoms with Crippen LogP contribution in [-0.2, 0) is 5.75 Å². The first kappa shape index (κ1) is 17.4. The lowest BCUT2D eigenvalue weighted by atomic mass is 10.1. The van der Waals surface area contributed by atoms with Crippen molar-refractivity contribution in [3.8, 4) is 11.5 Å². The van der Waals surface area contributed by atoms with E-state index in [1.54, 1.807) is 18.0 Å². The van der Waals surface area contributed by atoms with Gasteiger partial charge in [-0.25, -0.2) is 9.97 Å². The van der Waals surface area contributed by atoms with Crippen LogP contribution in [0.15, 0.2) is 40.1 Å². The van der Waals surface area contributed by atoms with Crippen LogP contribution in [0.4, 0.5) is 0 Å². The molecule has 0 N–H and O–H groups in total. The van der Waals surface area contributed by atoms with Gasteiger partial charge in [-0.3, -0.25) is 0 Å². The molecule has 2 heterocycles. The number of nitrogens with zero attached hydrogens (tertiary/aromatic N) is 3. The van der Waals surface area contributed by atoms with Gasteiger partial charge < -0.3 is 8.98 Å². The van der Waals surface area contributed by atoms with E-state index in [2.05, 4.69) is 54.6 Å². The highest BCUT2D eigenvalue weighted by molar-refractivity contribution is 7.98. The molecule has 1 aliphatic carbocycles. The first-order valence-corrected chi connectivity index (χ1v) is 10.3. The third-order valence-corrected chi connectivity index (χ3v) is 6.23. The standard InChI is InChI=1S/C21H25N3OS/c1-14-8-10-17(11-9-14)20-23-18(12-25-20)13-26-21-22-15(2)16(3)24(21)19-6-4-5-7-19/h8-12,19H,4-7,13H2,1-3H3. The molecule has 1 aromatic carbocycles. The van der Waals surface area contributed by atoms with E-state index in [-0.39, 0.29) is 0 Å². The molecule has 5 heteroatoms. The summed E-state index contributed by atoms with van der Waals surface area (Å²) < 4.78 is 8.14. The molecular formula is C21H25N3OS. The Morgan fingerprint density at radius 2 is 1.81 bits per heavy atom. The summed E-state index contributed by atoms with van der Waals surface area (Å²) in [5, 5.41) is 1.12. The molecule has 136 valence electrons. The number of benzene rings is 1. The Kier molecular flexibility index (Phi) is 4.90. The van der Waals surface area contributed by atoms with Gasteiger partial charge in [-0.05, 0) is 45.7 Å². The van der Waals surface area contributed by atoms with Crippen LogP contribution in [0.2, 0.25) is 0 Å². The van der Waals surface area contributed by atoms with E-state index in [0.29, 0.717) is 11.9 Å². The fourth-order valence-corrected chi connectivity index (χ4v) is 4.67. The molecule has 1 fully saturated rings. The predicted octanol–water partition coefficient (Wildman–Crippen LogP) is 5.87. The lowest BCUT2D eigenvalue weighted by Crippen LogP contribution is -2.08. The van der Waals surface area contributed by atoms with Crippen molar-refractivity contribution in [1.82, 2.24) is 14.5 Å². The third-order valence-electron chi connectivity index (χ3n) is 5.24. The van der Waals surface area contributed by atoms with Crippen molar-refractivity contribution in [1.29, 1.82) is 0 Å². The number of rotatable bonds is 5. The topological polar surface area (TPSA) is 43.9 Å². The monoisotopic (exact) mass is 367 g/mol. The third kappa shape index (κ3) is 3.45. The first-order chi connectivity index (χ1) is 12.6. The molecule has 1 aliphatic rings. The van der Waals surface area contributed by atoms with Crippen molar-refractivity contribution >= 4 is 11.8 Å². The van der Waals surface area contributed by atoms with Crippen molar-refractivity contribution in [3.05, 3.63) is 53.2 Å². The van der Waals surface area contributed by atoms with Crippen LogP contribution in [-0.4, -0.2) is 14.5 Å². The number of imidazole rings is 1. The molecule has 2 aromatic heterocycles. The highest BCUT2D eigenvalue weighted by Crippen LogP contribution is 2.36. The highest BCUT2D eigenvalue weighted by atomic mass is 32.2. The summed E-state index contributed by atoms with van der Waals surface area (Å²) in [7, 11) is 0. The Bertz CT molecular complexity index is 889. The average Bonchev–Trinajstić information content (AvgIpc) is 3.36. The van der Waals surface area contributed by atoms with Crippen LogP contribution >= 0.6 is 11.8 Å². The minimum absolute atomic E-state index is 0.610. The van der Waals surface area contributed by atoms with E-state index in [9.17, 15) is 0 Å². The molecule has 1 saturated carbocycles. The van der Waals surface area contributed by atoms with E-state index in [1.807, 2.05) is 0 Å². The zero-order valence-electron chi connectivity index (χ0n) is 15.7. The predicted molar refractivity (Wildman–Crippen MR) is 105 cm³/mol. The molecule has 0 atom stereocenters. The number of oxazole rings is 1. The summed E-state index contributed by atoms with van der Waals surface area (Å²) in [6, 6.07) is 8.88. The largest absolute Gasteiger partial charge is 0.444 e. The smallest absolute Gasteiger partial charge is 0.226 e. The summed E-state index contributed by atoms with van der Waals surface area (Å²) in [6.45, 7) is 6.38. The van der Waals surface area contributed by atoms with Gasteiger partial charge in [-0.1, -0.05) is 42.3 Å². The number of hydrogen-bond donors (Lipinski definition) is 0. The first-order valence-electron chi connectivity index (χ1n) is 9.31. The van der Waals surface area contributed by atoms with Gasteiger partial charge in [0.05, 0.1) is 11.4 Å². The van der Waals surface area contributed by atoms with Crippen LogP contribution in [0.3, 0.4) is 0 Å². The second-order valence-corrected chi connectivity index (χ2v) is 8.11. The van der Waals surface area contributed by atoms with Crippen molar-refractivity contribution < 1.29 is 4.42 Å². The van der Waals surface area contributed by atoms with Crippen LogP contribution in [0, 0.1) is 20.8 Å². The van der Waals surface area contributed by atoms with Gasteiger partial charge in [0.2, 0.25) is 5.89 Å². The molecule has 0 bridgehead atoms. The molecule has 4 nitrogen and oxygen atoms in total. The minimum atomic E-state index is 0.610. The molecule has 0 saturated heterocycles. The lowest BCUT2D eigenvalue weighted by molar-refractivity contribution is 0.471. The Labute approximate surface area is 159 Å². The fraction of sp³-hybridized carbons (Fsp3) is 0.429. The second kappa shape index (κ2) is 7.31. The Balaban J connectivity index is 1.50. The molecule has 4 rings (SSSR count). The lowest BCUT2D eigenvalue weighted by Gasteiger charge is -2.16. The number of hydrogen-bond acceptors (Lipinski definition) is 4. The summed E-state index contributed by atoms with van der Waals surface area (Å²) in [5.74, 6) is 1.46. The zero-order valence-corrected chi connectivity index (χ0v) is 16.5. The Morgan fingerprint density at radius 1 is 1.08 bits per heavy atom. The summed E-state index contributed by atoms with van der Waals surface area (Å²) in [6.07, 6.45) is 6.96. The zero-order chi connectivity index (χ0) is 18.1. The summed E-state index contributed by atoms with van der Waals surface area (Å²) in [5.41, 5.74) is 5.66. The van der Waals surface area contributed by atoms with Gasteiger partial charge in [-0.2, -0.15) is 0 Å². The molecule has 0 spiro atoms. The Hall–Kier alpha value is -2.01. The molecule has 0 radical (unpaired) electrons. The maximum absolute atomic E-state index is 5.69. The molecule has 3 aromatic rings. The van der Waals surface area contributed by atoms with Crippen molar-refractivity contribution in [2.24, 2.45) is 0 Å². The van der Waals surface area contributed by atoms with Crippen LogP contribution in [0.5, 0.6) is 0 Å². The van der Waals surface area contributed by atoms with Gasteiger partial charge in [0.25, 0.3) is 0 Å². The quantitative estimate of drug-likeness (QED) is 0.529. The SMILES string of the molecule is Cc1ccc(-c2nc(CSc3nc(C)c(C)n3C3CCCC3)co2)cc1. The van der Waals surface area contributed by atoms with Gasteiger partial charge in [0, 0.05) is 23.1 Å². The van der Waals surface area contributed by atoms with E-state index in [4.69, 9.17) is 9.40 Å². The fourth-order valence-electron chi connectivity index (χ4n) is 3.63. The van der Waals surface area contributed by atoms with E-state index >= 15 is 0 Å². The van der Waals surface area contributed by atoms with Gasteiger partial charge in [0.15, 0.2) is 5.16 Å². The van der Waals surface area contributed by atoms with E-state index in [1.165, 1.54) is 36.9 Å². The summed E-state index contributed by atoms with van der Waals surface area (Å²) >= 11 is 1.76. The maximum atomic E-state index is 5.69. The van der Waals surface area contributed by atoms with Crippen LogP contribution in [0.1, 0.15) is 54.4 Å². The molecule has 0 amide bonds. The summed E-state index contributed by atoms with van der Waals surface area (Å²) in [4.78, 5) is 9.47. The van der Waals surface area contributed by atoms with Crippen molar-refractivity contribution in [2.75, 3.05) is 0 Å². The van der Waals surface area contributed by atoms with E-state index in [0.717, 1.165) is 27.9 Å². The van der Waals surface area contributed by atoms with Gasteiger partial charge in [0.1, 0.15) is 6.26 Å². The number of thioether (sulfide) groups is 1. The highest BCUT2D eigenvalue weighted by Gasteiger charge is 2.23. The second-order valence-electron chi connectivity index (χ2n) is 7.17.